The lowest BCUT2D eigenvalue weighted by molar-refractivity contribution is -0.187. The average molecular weight is 574 g/mol. The van der Waals surface area contributed by atoms with Gasteiger partial charge in [-0.15, -0.1) is 0 Å². The van der Waals surface area contributed by atoms with E-state index in [-0.39, 0.29) is 49.7 Å². The van der Waals surface area contributed by atoms with Crippen molar-refractivity contribution in [3.63, 3.8) is 0 Å². The first-order chi connectivity index (χ1) is 20.3. The Labute approximate surface area is 244 Å². The third-order valence-electron chi connectivity index (χ3n) is 7.65. The number of likely N-dealkylation sites (N-methyl/N-ethyl adjacent to an activating group) is 1. The van der Waals surface area contributed by atoms with Crippen LogP contribution >= 0.6 is 0 Å². The first kappa shape index (κ1) is 28.7. The number of hydrogen-bond acceptors (Lipinski definition) is 7. The molecule has 0 spiro atoms. The smallest absolute Gasteiger partial charge is 0.334 e. The number of nitrogens with one attached hydrogen (secondary N) is 1. The molecular formula is C31H35N5O6. The second-order valence-electron chi connectivity index (χ2n) is 10.4. The van der Waals surface area contributed by atoms with Crippen molar-refractivity contribution in [1.29, 1.82) is 0 Å². The Balaban J connectivity index is 1.43. The van der Waals surface area contributed by atoms with Crippen LogP contribution in [0, 0.1) is 0 Å². The second kappa shape index (κ2) is 12.4. The predicted octanol–water partition coefficient (Wildman–Crippen LogP) is 2.59. The highest BCUT2D eigenvalue weighted by Crippen LogP contribution is 2.29. The van der Waals surface area contributed by atoms with Gasteiger partial charge in [0, 0.05) is 26.6 Å². The predicted molar refractivity (Wildman–Crippen MR) is 154 cm³/mol. The number of methoxy groups -OCH3 is 2. The number of fused-ring (bicyclic) bond motifs is 1. The second-order valence-corrected chi connectivity index (χ2v) is 10.4. The van der Waals surface area contributed by atoms with Gasteiger partial charge in [0.05, 0.1) is 27.3 Å². The van der Waals surface area contributed by atoms with Crippen LogP contribution in [0.15, 0.2) is 72.8 Å². The fraction of sp³-hybridized carbons (Fsp3) is 0.323. The summed E-state index contributed by atoms with van der Waals surface area (Å²) in [6.45, 7) is 0.672. The molecule has 2 aliphatic heterocycles. The molecule has 4 amide bonds. The molecule has 0 radical (unpaired) electrons. The van der Waals surface area contributed by atoms with Crippen LogP contribution in [0.2, 0.25) is 0 Å². The topological polar surface area (TPSA) is 115 Å². The fourth-order valence-corrected chi connectivity index (χ4v) is 5.46. The Hall–Kier alpha value is -4.77. The molecule has 2 saturated heterocycles. The summed E-state index contributed by atoms with van der Waals surface area (Å²) in [4.78, 5) is 44.3. The number of hydrazine groups is 1. The fourth-order valence-electron chi connectivity index (χ4n) is 5.46. The number of rotatable bonds is 8. The highest BCUT2D eigenvalue weighted by atomic mass is 16.5. The Kier molecular flexibility index (Phi) is 8.48. The molecule has 3 aromatic carbocycles. The van der Waals surface area contributed by atoms with Gasteiger partial charge in [0.1, 0.15) is 29.5 Å². The molecule has 220 valence electrons. The average Bonchev–Trinajstić information content (AvgIpc) is 2.99. The zero-order valence-electron chi connectivity index (χ0n) is 23.9. The lowest BCUT2D eigenvalue weighted by atomic mass is 9.98. The monoisotopic (exact) mass is 573 g/mol. The van der Waals surface area contributed by atoms with Crippen LogP contribution in [0.1, 0.15) is 16.7 Å². The van der Waals surface area contributed by atoms with E-state index < -0.39 is 12.2 Å². The minimum atomic E-state index is -0.829. The number of amides is 4. The van der Waals surface area contributed by atoms with Crippen LogP contribution in [-0.4, -0.2) is 89.3 Å². The Bertz CT molecular complexity index is 1410. The zero-order valence-corrected chi connectivity index (χ0v) is 23.9. The quantitative estimate of drug-likeness (QED) is 0.426. The minimum absolute atomic E-state index is 0.0513. The molecule has 0 saturated carbocycles. The zero-order chi connectivity index (χ0) is 29.8. The summed E-state index contributed by atoms with van der Waals surface area (Å²) in [7, 11) is 4.88. The van der Waals surface area contributed by atoms with Gasteiger partial charge in [-0.3, -0.25) is 9.59 Å². The number of nitrogens with zero attached hydrogens (tertiary/aromatic N) is 4. The lowest BCUT2D eigenvalue weighted by Gasteiger charge is -2.54. The molecule has 11 heteroatoms. The number of benzene rings is 3. The number of aromatic hydroxyl groups is 1. The molecule has 2 aliphatic rings. The van der Waals surface area contributed by atoms with Crippen LogP contribution in [0.4, 0.5) is 4.79 Å². The van der Waals surface area contributed by atoms with Crippen molar-refractivity contribution in [1.82, 2.24) is 25.1 Å². The van der Waals surface area contributed by atoms with Gasteiger partial charge in [-0.05, 0) is 53.1 Å². The summed E-state index contributed by atoms with van der Waals surface area (Å²) in [6, 6.07) is 20.2. The summed E-state index contributed by atoms with van der Waals surface area (Å²) < 4.78 is 10.5. The molecule has 2 fully saturated rings. The Morgan fingerprint density at radius 2 is 1.45 bits per heavy atom. The molecular weight excluding hydrogens is 538 g/mol. The van der Waals surface area contributed by atoms with Gasteiger partial charge in [0.15, 0.2) is 0 Å². The van der Waals surface area contributed by atoms with Gasteiger partial charge in [-0.2, -0.15) is 0 Å². The third kappa shape index (κ3) is 6.10. The number of phenols is 1. The largest absolute Gasteiger partial charge is 0.508 e. The molecule has 2 heterocycles. The van der Waals surface area contributed by atoms with Crippen molar-refractivity contribution < 1.29 is 29.0 Å². The van der Waals surface area contributed by atoms with Crippen molar-refractivity contribution >= 4 is 17.8 Å². The lowest BCUT2D eigenvalue weighted by Crippen LogP contribution is -2.76. The van der Waals surface area contributed by atoms with Crippen molar-refractivity contribution in [2.75, 3.05) is 34.4 Å². The van der Waals surface area contributed by atoms with Crippen LogP contribution in [0.5, 0.6) is 17.2 Å². The number of carbonyl (C=O) groups excluding carboxylic acids is 3. The van der Waals surface area contributed by atoms with E-state index in [2.05, 4.69) is 5.32 Å². The van der Waals surface area contributed by atoms with Crippen LogP contribution in [0.25, 0.3) is 0 Å². The first-order valence-electron chi connectivity index (χ1n) is 13.7. The van der Waals surface area contributed by atoms with E-state index in [1.54, 1.807) is 60.3 Å². The number of hydrogen-bond donors (Lipinski definition) is 2. The van der Waals surface area contributed by atoms with Gasteiger partial charge in [0.2, 0.25) is 11.8 Å². The van der Waals surface area contributed by atoms with E-state index >= 15 is 0 Å². The van der Waals surface area contributed by atoms with Crippen molar-refractivity contribution in [2.45, 2.75) is 31.7 Å². The molecule has 0 aliphatic carbocycles. The Morgan fingerprint density at radius 3 is 2.05 bits per heavy atom. The summed E-state index contributed by atoms with van der Waals surface area (Å²) in [5, 5.41) is 15.9. The van der Waals surface area contributed by atoms with E-state index in [1.807, 2.05) is 48.5 Å². The van der Waals surface area contributed by atoms with Crippen molar-refractivity contribution in [2.24, 2.45) is 0 Å². The first-order valence-corrected chi connectivity index (χ1v) is 13.7. The highest BCUT2D eigenvalue weighted by Gasteiger charge is 2.50. The normalized spacial score (nSPS) is 19.0. The summed E-state index contributed by atoms with van der Waals surface area (Å²) in [6.07, 6.45) is -0.476. The maximum absolute atomic E-state index is 14.0. The number of carbonyl (C=O) groups is 3. The molecule has 42 heavy (non-hydrogen) atoms. The molecule has 3 aromatic rings. The van der Waals surface area contributed by atoms with E-state index in [4.69, 9.17) is 9.47 Å². The van der Waals surface area contributed by atoms with Crippen LogP contribution < -0.4 is 14.8 Å². The summed E-state index contributed by atoms with van der Waals surface area (Å²) >= 11 is 0. The Morgan fingerprint density at radius 1 is 0.881 bits per heavy atom. The van der Waals surface area contributed by atoms with Gasteiger partial charge in [0.25, 0.3) is 0 Å². The summed E-state index contributed by atoms with van der Waals surface area (Å²) in [5.74, 6) is 1.11. The van der Waals surface area contributed by atoms with E-state index in [0.29, 0.717) is 12.3 Å². The third-order valence-corrected chi connectivity index (χ3v) is 7.65. The van der Waals surface area contributed by atoms with Crippen molar-refractivity contribution in [3.8, 4) is 17.2 Å². The van der Waals surface area contributed by atoms with Crippen LogP contribution in [0.3, 0.4) is 0 Å². The molecule has 2 atom stereocenters. The molecule has 5 rings (SSSR count). The maximum atomic E-state index is 14.0. The highest BCUT2D eigenvalue weighted by molar-refractivity contribution is 5.91. The number of piperazine rings is 1. The van der Waals surface area contributed by atoms with Gasteiger partial charge < -0.3 is 29.7 Å². The molecule has 2 N–H and O–H groups in total. The van der Waals surface area contributed by atoms with E-state index in [1.165, 1.54) is 5.01 Å². The maximum Gasteiger partial charge on any atom is 0.334 e. The minimum Gasteiger partial charge on any atom is -0.508 e. The van der Waals surface area contributed by atoms with E-state index in [9.17, 15) is 19.5 Å². The standard InChI is InChI=1S/C31H35N5O6/c1-33-20-29(38)35-27(16-21-4-10-24(37)11-5-21)30(39)34(18-23-8-14-26(42-3)15-9-23)19-28(35)36(33)31(40)32-17-22-6-12-25(41-2)13-7-22/h4-15,27-28,37H,16-20H2,1-3H3,(H,32,40)/t27-,28-/m0/s1. The summed E-state index contributed by atoms with van der Waals surface area (Å²) in [5.41, 5.74) is 2.58. The molecule has 11 nitrogen and oxygen atoms in total. The molecule has 0 bridgehead atoms. The van der Waals surface area contributed by atoms with Crippen molar-refractivity contribution in [3.05, 3.63) is 89.5 Å². The SMILES string of the molecule is COc1ccc(CNC(=O)N2[C@H]3CN(Cc4ccc(OC)cc4)C(=O)[C@H](Cc4ccc(O)cc4)N3C(=O)CN2C)cc1. The van der Waals surface area contributed by atoms with E-state index in [0.717, 1.165) is 22.4 Å². The number of ether oxygens (including phenoxy) is 2. The van der Waals surface area contributed by atoms with Crippen LogP contribution in [-0.2, 0) is 29.1 Å². The number of phenolic OH excluding ortho intramolecular Hbond substituents is 1. The van der Waals surface area contributed by atoms with Gasteiger partial charge in [-0.25, -0.2) is 14.8 Å². The number of urea groups is 1. The van der Waals surface area contributed by atoms with Gasteiger partial charge in [-0.1, -0.05) is 36.4 Å². The molecule has 0 unspecified atom stereocenters. The molecule has 0 aromatic heterocycles. The van der Waals surface area contributed by atoms with Gasteiger partial charge >= 0.3 is 6.03 Å².